The van der Waals surface area contributed by atoms with Crippen LogP contribution in [0.1, 0.15) is 28.8 Å². The van der Waals surface area contributed by atoms with Crippen LogP contribution in [0.4, 0.5) is 0 Å². The van der Waals surface area contributed by atoms with Gasteiger partial charge < -0.3 is 4.42 Å². The molecular weight excluding hydrogens is 264 g/mol. The van der Waals surface area contributed by atoms with Crippen molar-refractivity contribution in [2.45, 2.75) is 13.8 Å². The van der Waals surface area contributed by atoms with Crippen molar-refractivity contribution in [3.8, 4) is 0 Å². The van der Waals surface area contributed by atoms with E-state index in [2.05, 4.69) is 10.5 Å². The maximum Gasteiger partial charge on any atom is 0.272 e. The van der Waals surface area contributed by atoms with Gasteiger partial charge in [0.15, 0.2) is 0 Å². The summed E-state index contributed by atoms with van der Waals surface area (Å²) >= 11 is 5.93. The van der Waals surface area contributed by atoms with Crippen molar-refractivity contribution < 1.29 is 9.21 Å². The number of carbonyl (C=O) groups is 1. The summed E-state index contributed by atoms with van der Waals surface area (Å²) in [4.78, 5) is 11.9. The molecule has 19 heavy (non-hydrogen) atoms. The van der Waals surface area contributed by atoms with Crippen LogP contribution >= 0.6 is 11.6 Å². The standard InChI is InChI=1S/C14H13ClN2O2/c1-9-7-8-13(19-9)10(2)16-17-14(18)11-5-3-4-6-12(11)15/h3-8H,1-2H3,(H,17,18)/b16-10-. The molecule has 1 heterocycles. The molecule has 0 fully saturated rings. The zero-order valence-corrected chi connectivity index (χ0v) is 11.4. The van der Waals surface area contributed by atoms with Crippen LogP contribution in [0.25, 0.3) is 0 Å². The second-order valence-electron chi connectivity index (χ2n) is 4.03. The second kappa shape index (κ2) is 5.71. The van der Waals surface area contributed by atoms with E-state index >= 15 is 0 Å². The molecule has 0 spiro atoms. The van der Waals surface area contributed by atoms with E-state index in [4.69, 9.17) is 16.0 Å². The molecule has 98 valence electrons. The maximum absolute atomic E-state index is 11.9. The average molecular weight is 277 g/mol. The van der Waals surface area contributed by atoms with Crippen LogP contribution in [0, 0.1) is 6.92 Å². The number of rotatable bonds is 3. The van der Waals surface area contributed by atoms with Gasteiger partial charge in [-0.2, -0.15) is 5.10 Å². The zero-order valence-electron chi connectivity index (χ0n) is 10.6. The van der Waals surface area contributed by atoms with E-state index in [1.165, 1.54) is 0 Å². The third-order valence-corrected chi connectivity index (χ3v) is 2.87. The van der Waals surface area contributed by atoms with Crippen LogP contribution in [0.5, 0.6) is 0 Å². The first-order valence-corrected chi connectivity index (χ1v) is 6.11. The number of hydrogen-bond donors (Lipinski definition) is 1. The van der Waals surface area contributed by atoms with Crippen LogP contribution < -0.4 is 5.43 Å². The molecule has 1 aromatic carbocycles. The molecule has 1 amide bonds. The Kier molecular flexibility index (Phi) is 4.02. The van der Waals surface area contributed by atoms with Crippen molar-refractivity contribution in [3.05, 3.63) is 58.5 Å². The fourth-order valence-corrected chi connectivity index (χ4v) is 1.75. The van der Waals surface area contributed by atoms with E-state index < -0.39 is 0 Å². The minimum atomic E-state index is -0.353. The van der Waals surface area contributed by atoms with Gasteiger partial charge in [-0.25, -0.2) is 5.43 Å². The largest absolute Gasteiger partial charge is 0.460 e. The molecule has 0 atom stereocenters. The minimum absolute atomic E-state index is 0.353. The molecule has 0 bridgehead atoms. The van der Waals surface area contributed by atoms with Gasteiger partial charge in [0, 0.05) is 0 Å². The highest BCUT2D eigenvalue weighted by molar-refractivity contribution is 6.33. The van der Waals surface area contributed by atoms with Gasteiger partial charge >= 0.3 is 0 Å². The number of furan rings is 1. The van der Waals surface area contributed by atoms with E-state index in [1.807, 2.05) is 13.0 Å². The third-order valence-electron chi connectivity index (χ3n) is 2.54. The Hall–Kier alpha value is -2.07. The second-order valence-corrected chi connectivity index (χ2v) is 4.44. The van der Waals surface area contributed by atoms with E-state index in [9.17, 15) is 4.79 Å². The predicted molar refractivity (Wildman–Crippen MR) is 74.6 cm³/mol. The molecule has 1 N–H and O–H groups in total. The molecule has 0 radical (unpaired) electrons. The predicted octanol–water partition coefficient (Wildman–Crippen LogP) is 3.40. The molecule has 5 heteroatoms. The number of nitrogens with zero attached hydrogens (tertiary/aromatic N) is 1. The van der Waals surface area contributed by atoms with E-state index in [1.54, 1.807) is 37.3 Å². The number of benzene rings is 1. The summed E-state index contributed by atoms with van der Waals surface area (Å²) in [5.41, 5.74) is 3.43. The highest BCUT2D eigenvalue weighted by Crippen LogP contribution is 2.14. The first kappa shape index (κ1) is 13.4. The molecule has 4 nitrogen and oxygen atoms in total. The van der Waals surface area contributed by atoms with E-state index in [0.717, 1.165) is 5.76 Å². The Labute approximate surface area is 116 Å². The molecule has 2 rings (SSSR count). The van der Waals surface area contributed by atoms with E-state index in [0.29, 0.717) is 22.1 Å². The smallest absolute Gasteiger partial charge is 0.272 e. The highest BCUT2D eigenvalue weighted by atomic mass is 35.5. The monoisotopic (exact) mass is 276 g/mol. The van der Waals surface area contributed by atoms with Crippen molar-refractivity contribution in [3.63, 3.8) is 0 Å². The number of carbonyl (C=O) groups excluding carboxylic acids is 1. The van der Waals surface area contributed by atoms with Crippen LogP contribution in [-0.4, -0.2) is 11.6 Å². The van der Waals surface area contributed by atoms with Crippen molar-refractivity contribution >= 4 is 23.2 Å². The topological polar surface area (TPSA) is 54.6 Å². The molecule has 0 unspecified atom stereocenters. The SMILES string of the molecule is C/C(=N/NC(=O)c1ccccc1Cl)c1ccc(C)o1. The number of aryl methyl sites for hydroxylation is 1. The van der Waals surface area contributed by atoms with Crippen LogP contribution in [-0.2, 0) is 0 Å². The number of amides is 1. The van der Waals surface area contributed by atoms with Gasteiger partial charge in [-0.05, 0) is 38.1 Å². The van der Waals surface area contributed by atoms with Crippen molar-refractivity contribution in [1.29, 1.82) is 0 Å². The summed E-state index contributed by atoms with van der Waals surface area (Å²) in [6.07, 6.45) is 0. The molecular formula is C14H13ClN2O2. The van der Waals surface area contributed by atoms with Crippen molar-refractivity contribution in [2.75, 3.05) is 0 Å². The lowest BCUT2D eigenvalue weighted by molar-refractivity contribution is 0.0955. The maximum atomic E-state index is 11.9. The molecule has 0 aliphatic heterocycles. The Bertz CT molecular complexity index is 632. The Balaban J connectivity index is 2.10. The minimum Gasteiger partial charge on any atom is -0.460 e. The molecule has 0 saturated heterocycles. The Morgan fingerprint density at radius 3 is 2.63 bits per heavy atom. The molecule has 0 aliphatic carbocycles. The normalized spacial score (nSPS) is 11.4. The molecule has 2 aromatic rings. The average Bonchev–Trinajstić information content (AvgIpc) is 2.83. The summed E-state index contributed by atoms with van der Waals surface area (Å²) in [7, 11) is 0. The quantitative estimate of drug-likeness (QED) is 0.690. The van der Waals surface area contributed by atoms with Crippen molar-refractivity contribution in [2.24, 2.45) is 5.10 Å². The summed E-state index contributed by atoms with van der Waals surface area (Å²) in [5, 5.41) is 4.38. The molecule has 1 aromatic heterocycles. The Morgan fingerprint density at radius 2 is 2.00 bits per heavy atom. The lowest BCUT2D eigenvalue weighted by Crippen LogP contribution is -2.19. The lowest BCUT2D eigenvalue weighted by Gasteiger charge is -2.02. The summed E-state index contributed by atoms with van der Waals surface area (Å²) in [6, 6.07) is 10.4. The van der Waals surface area contributed by atoms with E-state index in [-0.39, 0.29) is 5.91 Å². The van der Waals surface area contributed by atoms with Crippen molar-refractivity contribution in [1.82, 2.24) is 5.43 Å². The third kappa shape index (κ3) is 3.23. The molecule has 0 aliphatic rings. The van der Waals surface area contributed by atoms with Gasteiger partial charge in [-0.15, -0.1) is 0 Å². The number of nitrogens with one attached hydrogen (secondary N) is 1. The summed E-state index contributed by atoms with van der Waals surface area (Å²) in [5.74, 6) is 1.06. The van der Waals surface area contributed by atoms with Crippen LogP contribution in [0.2, 0.25) is 5.02 Å². The highest BCUT2D eigenvalue weighted by Gasteiger charge is 2.09. The zero-order chi connectivity index (χ0) is 13.8. The molecule has 0 saturated carbocycles. The fourth-order valence-electron chi connectivity index (χ4n) is 1.52. The number of hydrazone groups is 1. The fraction of sp³-hybridized carbons (Fsp3) is 0.143. The van der Waals surface area contributed by atoms with Gasteiger partial charge in [0.1, 0.15) is 17.2 Å². The van der Waals surface area contributed by atoms with Crippen LogP contribution in [0.3, 0.4) is 0 Å². The first-order chi connectivity index (χ1) is 9.08. The number of halogens is 1. The summed E-state index contributed by atoms with van der Waals surface area (Å²) in [6.45, 7) is 3.60. The van der Waals surface area contributed by atoms with Gasteiger partial charge in [-0.3, -0.25) is 4.79 Å². The van der Waals surface area contributed by atoms with Gasteiger partial charge in [-0.1, -0.05) is 23.7 Å². The first-order valence-electron chi connectivity index (χ1n) is 5.74. The van der Waals surface area contributed by atoms with Crippen LogP contribution in [0.15, 0.2) is 45.9 Å². The number of hydrogen-bond acceptors (Lipinski definition) is 3. The Morgan fingerprint density at radius 1 is 1.26 bits per heavy atom. The lowest BCUT2D eigenvalue weighted by atomic mass is 10.2. The van der Waals surface area contributed by atoms with Gasteiger partial charge in [0.2, 0.25) is 0 Å². The summed E-state index contributed by atoms with van der Waals surface area (Å²) < 4.78 is 5.40. The van der Waals surface area contributed by atoms with Gasteiger partial charge in [0.25, 0.3) is 5.91 Å². The van der Waals surface area contributed by atoms with Gasteiger partial charge in [0.05, 0.1) is 10.6 Å².